The highest BCUT2D eigenvalue weighted by molar-refractivity contribution is 7.90. The maximum atomic E-state index is 12.2. The van der Waals surface area contributed by atoms with E-state index in [1.54, 1.807) is 0 Å². The Morgan fingerprint density at radius 3 is 2.79 bits per heavy atom. The van der Waals surface area contributed by atoms with Crippen molar-refractivity contribution in [3.05, 3.63) is 59.9 Å². The van der Waals surface area contributed by atoms with Crippen LogP contribution in [0.5, 0.6) is 0 Å². The third kappa shape index (κ3) is 4.00. The van der Waals surface area contributed by atoms with Gasteiger partial charge in [-0.3, -0.25) is 0 Å². The Balaban J connectivity index is 1.63. The van der Waals surface area contributed by atoms with Gasteiger partial charge >= 0.3 is 0 Å². The molecule has 6 nitrogen and oxygen atoms in total. The fourth-order valence-corrected chi connectivity index (χ4v) is 4.59. The minimum Gasteiger partial charge on any atom is -0.350 e. The van der Waals surface area contributed by atoms with E-state index in [0.29, 0.717) is 18.2 Å². The number of piperidine rings is 1. The van der Waals surface area contributed by atoms with Gasteiger partial charge in [-0.1, -0.05) is 42.5 Å². The predicted molar refractivity (Wildman–Crippen MR) is 111 cm³/mol. The third-order valence-electron chi connectivity index (χ3n) is 5.18. The topological polar surface area (TPSA) is 84.0 Å². The van der Waals surface area contributed by atoms with Crippen LogP contribution in [0.4, 0.5) is 5.95 Å². The van der Waals surface area contributed by atoms with Gasteiger partial charge in [0.15, 0.2) is 9.84 Å². The van der Waals surface area contributed by atoms with Crippen LogP contribution < -0.4 is 10.6 Å². The van der Waals surface area contributed by atoms with Crippen molar-refractivity contribution in [3.63, 3.8) is 0 Å². The molecular formula is C21H24N4O2S. The number of rotatable bonds is 5. The molecule has 0 bridgehead atoms. The van der Waals surface area contributed by atoms with Crippen LogP contribution in [-0.2, 0) is 16.4 Å². The van der Waals surface area contributed by atoms with Crippen molar-refractivity contribution in [2.45, 2.75) is 30.2 Å². The Morgan fingerprint density at radius 2 is 2.00 bits per heavy atom. The molecule has 0 spiro atoms. The third-order valence-corrected chi connectivity index (χ3v) is 6.30. The molecule has 2 N–H and O–H groups in total. The van der Waals surface area contributed by atoms with Crippen molar-refractivity contribution in [3.8, 4) is 0 Å². The molecule has 7 heteroatoms. The van der Waals surface area contributed by atoms with Crippen molar-refractivity contribution in [1.82, 2.24) is 15.3 Å². The van der Waals surface area contributed by atoms with Gasteiger partial charge in [0, 0.05) is 25.3 Å². The second-order valence-electron chi connectivity index (χ2n) is 7.25. The quantitative estimate of drug-likeness (QED) is 0.689. The molecule has 0 amide bonds. The van der Waals surface area contributed by atoms with E-state index in [-0.39, 0.29) is 10.8 Å². The monoisotopic (exact) mass is 396 g/mol. The first-order valence-corrected chi connectivity index (χ1v) is 11.4. The van der Waals surface area contributed by atoms with Gasteiger partial charge in [0.1, 0.15) is 4.90 Å². The van der Waals surface area contributed by atoms with Crippen molar-refractivity contribution in [2.24, 2.45) is 0 Å². The molecule has 0 aliphatic carbocycles. The van der Waals surface area contributed by atoms with Crippen molar-refractivity contribution < 1.29 is 8.42 Å². The number of anilines is 1. The fraction of sp³-hybridized carbons (Fsp3) is 0.333. The zero-order valence-corrected chi connectivity index (χ0v) is 16.7. The van der Waals surface area contributed by atoms with E-state index in [9.17, 15) is 8.42 Å². The predicted octanol–water partition coefficient (Wildman–Crippen LogP) is 3.11. The number of fused-ring (bicyclic) bond motifs is 1. The van der Waals surface area contributed by atoms with E-state index in [2.05, 4.69) is 44.9 Å². The van der Waals surface area contributed by atoms with Gasteiger partial charge in [-0.2, -0.15) is 0 Å². The Bertz CT molecular complexity index is 1090. The van der Waals surface area contributed by atoms with Gasteiger partial charge in [0.2, 0.25) is 5.95 Å². The molecule has 0 saturated carbocycles. The summed E-state index contributed by atoms with van der Waals surface area (Å²) in [4.78, 5) is 9.12. The van der Waals surface area contributed by atoms with Crippen LogP contribution in [0, 0.1) is 0 Å². The molecule has 0 unspecified atom stereocenters. The van der Waals surface area contributed by atoms with Gasteiger partial charge in [0.05, 0.1) is 11.9 Å². The molecule has 3 aromatic rings. The summed E-state index contributed by atoms with van der Waals surface area (Å²) in [5, 5.41) is 8.97. The second-order valence-corrected chi connectivity index (χ2v) is 9.23. The Hall–Kier alpha value is -2.51. The summed E-state index contributed by atoms with van der Waals surface area (Å²) in [6, 6.07) is 14.4. The first-order chi connectivity index (χ1) is 13.5. The Morgan fingerprint density at radius 1 is 1.18 bits per heavy atom. The maximum Gasteiger partial charge on any atom is 0.223 e. The molecule has 2 aromatic carbocycles. The average molecular weight is 397 g/mol. The van der Waals surface area contributed by atoms with Gasteiger partial charge in [-0.05, 0) is 35.7 Å². The van der Waals surface area contributed by atoms with E-state index < -0.39 is 9.84 Å². The number of hydrogen-bond acceptors (Lipinski definition) is 6. The molecule has 4 rings (SSSR count). The first-order valence-electron chi connectivity index (χ1n) is 9.50. The minimum absolute atomic E-state index is 0.0829. The summed E-state index contributed by atoms with van der Waals surface area (Å²) < 4.78 is 24.4. The zero-order chi connectivity index (χ0) is 19.6. The summed E-state index contributed by atoms with van der Waals surface area (Å²) >= 11 is 0. The van der Waals surface area contributed by atoms with Gasteiger partial charge < -0.3 is 10.6 Å². The molecule has 0 radical (unpaired) electrons. The minimum atomic E-state index is -3.38. The largest absolute Gasteiger partial charge is 0.350 e. The normalized spacial score (nSPS) is 17.5. The highest BCUT2D eigenvalue weighted by Crippen LogP contribution is 2.28. The second kappa shape index (κ2) is 7.85. The van der Waals surface area contributed by atoms with E-state index in [4.69, 9.17) is 0 Å². The smallest absolute Gasteiger partial charge is 0.223 e. The number of aromatic nitrogens is 2. The van der Waals surface area contributed by atoms with Crippen LogP contribution in [-0.4, -0.2) is 37.7 Å². The number of nitrogens with zero attached hydrogens (tertiary/aromatic N) is 2. The Kier molecular flexibility index (Phi) is 5.28. The van der Waals surface area contributed by atoms with Crippen LogP contribution in [0.1, 0.15) is 30.0 Å². The molecule has 1 aliphatic heterocycles. The molecule has 1 fully saturated rings. The fourth-order valence-electron chi connectivity index (χ4n) is 3.75. The zero-order valence-electron chi connectivity index (χ0n) is 15.9. The summed E-state index contributed by atoms with van der Waals surface area (Å²) in [7, 11) is -3.38. The lowest BCUT2D eigenvalue weighted by atomic mass is 9.96. The lowest BCUT2D eigenvalue weighted by Crippen LogP contribution is -2.30. The summed E-state index contributed by atoms with van der Waals surface area (Å²) in [6.07, 6.45) is 4.60. The summed E-state index contributed by atoms with van der Waals surface area (Å²) in [5.41, 5.74) is 1.76. The summed E-state index contributed by atoms with van der Waals surface area (Å²) in [6.45, 7) is 2.27. The lowest BCUT2D eigenvalue weighted by Gasteiger charge is -2.24. The highest BCUT2D eigenvalue weighted by Gasteiger charge is 2.25. The number of sulfone groups is 1. The van der Waals surface area contributed by atoms with Crippen molar-refractivity contribution in [1.29, 1.82) is 0 Å². The van der Waals surface area contributed by atoms with Crippen molar-refractivity contribution in [2.75, 3.05) is 24.7 Å². The molecule has 1 atom stereocenters. The molecule has 1 aliphatic rings. The van der Waals surface area contributed by atoms with Crippen LogP contribution in [0.3, 0.4) is 0 Å². The highest BCUT2D eigenvalue weighted by atomic mass is 32.2. The van der Waals surface area contributed by atoms with Crippen LogP contribution >= 0.6 is 0 Å². The van der Waals surface area contributed by atoms with Crippen LogP contribution in [0.2, 0.25) is 0 Å². The van der Waals surface area contributed by atoms with E-state index in [1.165, 1.54) is 23.2 Å². The van der Waals surface area contributed by atoms with Gasteiger partial charge in [-0.25, -0.2) is 18.4 Å². The molecular weight excluding hydrogens is 372 g/mol. The lowest BCUT2D eigenvalue weighted by molar-refractivity contribution is 0.448. The molecule has 1 aromatic heterocycles. The first kappa shape index (κ1) is 18.8. The van der Waals surface area contributed by atoms with Crippen LogP contribution in [0.25, 0.3) is 10.8 Å². The maximum absolute atomic E-state index is 12.2. The number of hydrogen-bond donors (Lipinski definition) is 2. The number of benzene rings is 2. The van der Waals surface area contributed by atoms with Crippen molar-refractivity contribution >= 4 is 26.6 Å². The van der Waals surface area contributed by atoms with E-state index in [1.807, 2.05) is 18.2 Å². The van der Waals surface area contributed by atoms with Crippen LogP contribution in [0.15, 0.2) is 53.6 Å². The Labute approximate surface area is 165 Å². The van der Waals surface area contributed by atoms with Gasteiger partial charge in [-0.15, -0.1) is 0 Å². The molecule has 28 heavy (non-hydrogen) atoms. The average Bonchev–Trinajstić information content (AvgIpc) is 2.72. The SMILES string of the molecule is CS(=O)(=O)c1cnc(NCc2cccc3ccccc23)nc1[C@H]1CCCNC1. The van der Waals surface area contributed by atoms with Gasteiger partial charge in [0.25, 0.3) is 0 Å². The number of nitrogens with one attached hydrogen (secondary N) is 2. The molecule has 2 heterocycles. The summed E-state index contributed by atoms with van der Waals surface area (Å²) in [5.74, 6) is 0.542. The molecule has 1 saturated heterocycles. The molecule has 146 valence electrons. The van der Waals surface area contributed by atoms with E-state index >= 15 is 0 Å². The van der Waals surface area contributed by atoms with E-state index in [0.717, 1.165) is 31.5 Å². The standard InChI is InChI=1S/C21H24N4O2S/c1-28(26,27)19-14-24-21(25-20(19)17-9-5-11-22-12-17)23-13-16-8-4-7-15-6-2-3-10-18(15)16/h2-4,6-8,10,14,17,22H,5,9,11-13H2,1H3,(H,23,24,25)/t17-/m0/s1.